The molecular formula is C88H40NO2+. The van der Waals surface area contributed by atoms with Crippen LogP contribution in [0.1, 0.15) is 93.9 Å². The number of hydrogen-bond acceptors (Lipinski definition) is 2. The van der Waals surface area contributed by atoms with Crippen LogP contribution in [0.15, 0.2) is 29.5 Å². The molecule has 0 bridgehead atoms. The summed E-state index contributed by atoms with van der Waals surface area (Å²) in [5.41, 5.74) is 11.0. The molecule has 1 aliphatic heterocycles. The Hall–Kier alpha value is -8.85. The molecule has 10 aliphatic rings. The van der Waals surface area contributed by atoms with E-state index in [1.807, 2.05) is 40.5 Å². The number of allylic oxidation sites excluding steroid dienone is 1. The molecule has 3 spiro atoms. The number of hydrogen-bond donors (Lipinski definition) is 0. The first-order valence-electron chi connectivity index (χ1n) is 35.6. The minimum absolute atomic E-state index is 0.00907. The zero-order valence-electron chi connectivity index (χ0n) is 50.0. The molecule has 0 N–H and O–H groups in total. The minimum Gasteiger partial charge on any atom is -0.458 e. The molecule has 38 rings (SSSR count). The second-order valence-corrected chi connectivity index (χ2v) is 36.2. The number of ether oxygens (including phenoxy) is 1. The van der Waals surface area contributed by atoms with Crippen LogP contribution in [-0.4, -0.2) is 42.7 Å². The molecule has 3 heteroatoms. The standard InChI is InChI=1S/C88H40NO2/c1-84-15-16-86(17-20(84)9-10-21-22-11-12-24(85(22,2)14-13-23(21)84)91-83(90)19-7-5-6-8-19)88-81-75-69-59-47-39-31-27-25-26-29-33(31)41(47)51-45-37(29)38-30(26)34-32-28(25)36-35(27)43-49(39)57-63-53(43)54-44(36)50-40(32)48-42(34)52-46(38)56-55(45)67(61(51)69)77(81)78-68(56)62(52)70-60(48)66-58(50)64(54)72-71(63)79(73(75)65(57)59)87(88,18-89(86,3)4)80(72)74(66)76(70)82(78)88/h5-7,20-24H,9-18H2,1-4H3/q+1/t20-,21-,22-,23-,24-,84-,85-,86?,87?,88?/m0/s1. The fourth-order valence-electron chi connectivity index (χ4n) is 34.7. The van der Waals surface area contributed by atoms with Gasteiger partial charge in [0.15, 0.2) is 0 Å². The number of carbonyl (C=O) groups excluding carboxylic acids is 1. The smallest absolute Gasteiger partial charge is 0.346 e. The number of carbonyl (C=O) groups is 1. The van der Waals surface area contributed by atoms with Crippen LogP contribution in [0.25, 0.3) is 291 Å². The maximum absolute atomic E-state index is 13.7. The van der Waals surface area contributed by atoms with Gasteiger partial charge in [0.25, 0.3) is 0 Å². The lowest BCUT2D eigenvalue weighted by Crippen LogP contribution is -2.70. The lowest BCUT2D eigenvalue weighted by molar-refractivity contribution is -0.935. The third-order valence-corrected chi connectivity index (χ3v) is 35.7. The van der Waals surface area contributed by atoms with E-state index in [-0.39, 0.29) is 39.3 Å². The Morgan fingerprint density at radius 1 is 0.396 bits per heavy atom. The Labute approximate surface area is 508 Å². The fourth-order valence-corrected chi connectivity index (χ4v) is 34.7. The van der Waals surface area contributed by atoms with Gasteiger partial charge in [-0.2, -0.15) is 0 Å². The SMILES string of the molecule is C[C@]12CCC3(C[C@@H]1CC[C@@H]1[C@@H]2CC[C@]2(C)[C@@H](OC(=O)C4=C=CC=C4)CC[C@@H]12)C12c4c5c6c7c8c9c(c%10c%11c1c1c4c4c%12c5c5c6c6c8c8c%13c9c9c%10c%10c%11c%11c1c1c4c4c%12c%12c5c5c6c8c6c8c%13c9c9c%10c%10c%11c1c1c4c4c%12c5c6c5c8c9c%10c1c45)C72C[N+]3(C)C. The Morgan fingerprint density at radius 2 is 0.736 bits per heavy atom. The summed E-state index contributed by atoms with van der Waals surface area (Å²) >= 11 is 0. The number of rotatable bonds is 2. The van der Waals surface area contributed by atoms with Gasteiger partial charge in [0.05, 0.1) is 31.5 Å². The van der Waals surface area contributed by atoms with E-state index in [9.17, 15) is 4.79 Å². The van der Waals surface area contributed by atoms with Gasteiger partial charge < -0.3 is 9.22 Å². The van der Waals surface area contributed by atoms with Crippen molar-refractivity contribution in [2.45, 2.75) is 94.1 Å². The number of esters is 1. The van der Waals surface area contributed by atoms with Crippen molar-refractivity contribution in [1.29, 1.82) is 0 Å². The molecule has 0 radical (unpaired) electrons. The second-order valence-electron chi connectivity index (χ2n) is 36.2. The van der Waals surface area contributed by atoms with E-state index in [0.717, 1.165) is 10.9 Å². The van der Waals surface area contributed by atoms with E-state index in [1.165, 1.54) is 57.9 Å². The number of fused-ring (bicyclic) bond motifs is 5. The van der Waals surface area contributed by atoms with Crippen molar-refractivity contribution in [1.82, 2.24) is 0 Å². The molecule has 8 atom stereocenters. The fraction of sp³-hybridized carbons (Fsp3) is 0.273. The van der Waals surface area contributed by atoms with Crippen molar-refractivity contribution in [2.24, 2.45) is 34.5 Å². The van der Waals surface area contributed by atoms with Crippen LogP contribution in [0.2, 0.25) is 0 Å². The molecule has 408 valence electrons. The van der Waals surface area contributed by atoms with Crippen molar-refractivity contribution in [3.05, 3.63) is 51.8 Å². The number of quaternary nitrogens is 1. The van der Waals surface area contributed by atoms with Crippen molar-refractivity contribution in [3.8, 4) is 0 Å². The number of benzene rings is 18. The van der Waals surface area contributed by atoms with E-state index in [0.29, 0.717) is 29.2 Å². The van der Waals surface area contributed by atoms with Crippen molar-refractivity contribution >= 4 is 297 Å². The normalized spacial score (nSPS) is 33.1. The Bertz CT molecular complexity index is 8180. The van der Waals surface area contributed by atoms with Gasteiger partial charge in [-0.15, -0.1) is 5.73 Å². The highest BCUT2D eigenvalue weighted by molar-refractivity contribution is 6.82. The molecule has 0 amide bonds. The van der Waals surface area contributed by atoms with Gasteiger partial charge in [-0.25, -0.2) is 4.79 Å². The van der Waals surface area contributed by atoms with Gasteiger partial charge in [-0.05, 0) is 399 Å². The first-order chi connectivity index (χ1) is 44.7. The molecule has 1 saturated heterocycles. The predicted molar refractivity (Wildman–Crippen MR) is 376 cm³/mol. The van der Waals surface area contributed by atoms with E-state index >= 15 is 0 Å². The molecule has 1 heterocycles. The van der Waals surface area contributed by atoms with E-state index in [1.54, 1.807) is 291 Å². The minimum atomic E-state index is -0.250. The molecule has 28 aromatic carbocycles. The Balaban J connectivity index is 0.781. The van der Waals surface area contributed by atoms with Gasteiger partial charge in [0, 0.05) is 18.3 Å². The van der Waals surface area contributed by atoms with Gasteiger partial charge in [-0.1, -0.05) is 19.9 Å². The number of likely N-dealkylation sites (N-methyl/N-ethyl adjacent to an activating group) is 1. The van der Waals surface area contributed by atoms with Crippen LogP contribution < -0.4 is 0 Å². The van der Waals surface area contributed by atoms with E-state index in [4.69, 9.17) is 4.74 Å². The van der Waals surface area contributed by atoms with Gasteiger partial charge in [0.2, 0.25) is 0 Å². The zero-order valence-corrected chi connectivity index (χ0v) is 50.0. The largest absolute Gasteiger partial charge is 0.458 e. The van der Waals surface area contributed by atoms with Crippen LogP contribution >= 0.6 is 0 Å². The summed E-state index contributed by atoms with van der Waals surface area (Å²) in [7, 11) is 5.75. The Morgan fingerprint density at radius 3 is 1.09 bits per heavy atom. The highest BCUT2D eigenvalue weighted by Gasteiger charge is 2.86. The quantitative estimate of drug-likeness (QED) is 0.0746. The maximum atomic E-state index is 13.7. The lowest BCUT2D eigenvalue weighted by Gasteiger charge is -2.66. The molecule has 9 aliphatic carbocycles. The molecule has 28 aromatic rings. The van der Waals surface area contributed by atoms with Crippen LogP contribution in [0.5, 0.6) is 0 Å². The summed E-state index contributed by atoms with van der Waals surface area (Å²) in [6, 6.07) is 0. The van der Waals surface area contributed by atoms with Gasteiger partial charge in [0.1, 0.15) is 17.2 Å². The Kier molecular flexibility index (Phi) is 3.95. The highest BCUT2D eigenvalue weighted by atomic mass is 16.5. The zero-order chi connectivity index (χ0) is 56.1. The molecule has 91 heavy (non-hydrogen) atoms. The summed E-state index contributed by atoms with van der Waals surface area (Å²) in [6.07, 6.45) is 16.9. The van der Waals surface area contributed by atoms with E-state index in [2.05, 4.69) is 33.7 Å². The molecule has 3 nitrogen and oxygen atoms in total. The van der Waals surface area contributed by atoms with Crippen molar-refractivity contribution in [2.75, 3.05) is 20.6 Å². The van der Waals surface area contributed by atoms with Crippen LogP contribution in [0.3, 0.4) is 0 Å². The highest BCUT2D eigenvalue weighted by Crippen LogP contribution is 2.89. The third kappa shape index (κ3) is 2.37. The average Bonchev–Trinajstić information content (AvgIpc) is 1.38. The summed E-state index contributed by atoms with van der Waals surface area (Å²) < 4.78 is 7.70. The predicted octanol–water partition coefficient (Wildman–Crippen LogP) is 21.7. The molecule has 0 aromatic heterocycles. The van der Waals surface area contributed by atoms with Crippen LogP contribution in [0.4, 0.5) is 0 Å². The van der Waals surface area contributed by atoms with Crippen LogP contribution in [0, 0.1) is 34.5 Å². The monoisotopic (exact) mass is 1140 g/mol. The molecular weight excluding hydrogens is 1100 g/mol. The molecule has 5 fully saturated rings. The lowest BCUT2D eigenvalue weighted by atomic mass is 9.38. The topological polar surface area (TPSA) is 26.3 Å². The van der Waals surface area contributed by atoms with Gasteiger partial charge >= 0.3 is 5.97 Å². The first kappa shape index (κ1) is 38.8. The van der Waals surface area contributed by atoms with Crippen molar-refractivity contribution in [3.63, 3.8) is 0 Å². The average molecular weight is 1140 g/mol. The van der Waals surface area contributed by atoms with Crippen LogP contribution in [-0.2, 0) is 20.4 Å². The summed E-state index contributed by atoms with van der Waals surface area (Å²) in [4.78, 5) is 13.7. The summed E-state index contributed by atoms with van der Waals surface area (Å²) in [5.74, 6) is 2.48. The maximum Gasteiger partial charge on any atom is 0.346 e. The second kappa shape index (κ2) is 9.27. The van der Waals surface area contributed by atoms with Crippen molar-refractivity contribution < 1.29 is 14.0 Å². The first-order valence-corrected chi connectivity index (χ1v) is 35.6. The molecule has 1 unspecified atom stereocenters. The molecule has 4 saturated carbocycles. The van der Waals surface area contributed by atoms with Gasteiger partial charge in [-0.3, -0.25) is 0 Å². The number of likely N-dealkylation sites (tertiary alicyclic amines) is 1. The van der Waals surface area contributed by atoms with E-state index < -0.39 is 0 Å². The third-order valence-electron chi connectivity index (χ3n) is 35.7. The summed E-state index contributed by atoms with van der Waals surface area (Å²) in [6.45, 7) is 6.62. The summed E-state index contributed by atoms with van der Waals surface area (Å²) in [5, 5.41) is 92.2. The number of nitrogens with zero attached hydrogens (tertiary/aromatic N) is 1.